The van der Waals surface area contributed by atoms with E-state index < -0.39 is 0 Å². The molecule has 6 nitrogen and oxygen atoms in total. The van der Waals surface area contributed by atoms with Crippen LogP contribution in [0.2, 0.25) is 0 Å². The van der Waals surface area contributed by atoms with Crippen LogP contribution in [0.3, 0.4) is 0 Å². The summed E-state index contributed by atoms with van der Waals surface area (Å²) < 4.78 is 15.3. The van der Waals surface area contributed by atoms with Crippen LogP contribution in [0.4, 0.5) is 4.39 Å². The van der Waals surface area contributed by atoms with Gasteiger partial charge in [-0.05, 0) is 50.4 Å². The summed E-state index contributed by atoms with van der Waals surface area (Å²) in [5, 5.41) is 7.94. The Balaban J connectivity index is 0.00000225. The number of benzene rings is 1. The molecule has 1 N–H and O–H groups in total. The zero-order valence-electron chi connectivity index (χ0n) is 16.3. The van der Waals surface area contributed by atoms with Gasteiger partial charge in [0, 0.05) is 24.5 Å². The summed E-state index contributed by atoms with van der Waals surface area (Å²) in [5.41, 5.74) is 0.584. The maximum atomic E-state index is 13.7. The van der Waals surface area contributed by atoms with Crippen LogP contribution in [0, 0.1) is 5.82 Å². The first-order chi connectivity index (χ1) is 13.0. The van der Waals surface area contributed by atoms with E-state index in [1.807, 2.05) is 18.7 Å². The van der Waals surface area contributed by atoms with Crippen molar-refractivity contribution in [2.45, 2.75) is 57.5 Å². The first kappa shape index (κ1) is 20.7. The first-order valence-electron chi connectivity index (χ1n) is 9.80. The lowest BCUT2D eigenvalue weighted by Gasteiger charge is -2.24. The van der Waals surface area contributed by atoms with Gasteiger partial charge in [0.2, 0.25) is 5.82 Å². The number of carbonyl (C=O) groups excluding carboxylic acids is 1. The second-order valence-corrected chi connectivity index (χ2v) is 7.82. The Morgan fingerprint density at radius 3 is 2.75 bits per heavy atom. The van der Waals surface area contributed by atoms with Crippen LogP contribution in [0.15, 0.2) is 24.3 Å². The molecule has 1 aromatic carbocycles. The van der Waals surface area contributed by atoms with Gasteiger partial charge in [0.05, 0.1) is 5.69 Å². The quantitative estimate of drug-likeness (QED) is 0.798. The highest BCUT2D eigenvalue weighted by Gasteiger charge is 2.37. The molecule has 0 spiro atoms. The van der Waals surface area contributed by atoms with E-state index in [-0.39, 0.29) is 35.9 Å². The highest BCUT2D eigenvalue weighted by Crippen LogP contribution is 2.29. The molecule has 1 aliphatic carbocycles. The third-order valence-corrected chi connectivity index (χ3v) is 5.22. The van der Waals surface area contributed by atoms with Crippen molar-refractivity contribution >= 4 is 18.3 Å². The standard InChI is InChI=1S/C20H26FN5O.ClH/c1-13(2)19-23-18(24-26(19)17-7-3-5-14(21)11-17)20(27)25(16-8-9-16)12-15-6-4-10-22-15;/h3,5,7,11,13,15-16,22H,4,6,8-10,12H2,1-2H3;1H. The number of hydrogen-bond donors (Lipinski definition) is 1. The molecule has 152 valence electrons. The van der Waals surface area contributed by atoms with E-state index in [1.165, 1.54) is 12.1 Å². The van der Waals surface area contributed by atoms with Crippen LogP contribution >= 0.6 is 12.4 Å². The summed E-state index contributed by atoms with van der Waals surface area (Å²) in [7, 11) is 0. The minimum absolute atomic E-state index is 0. The molecule has 8 heteroatoms. The summed E-state index contributed by atoms with van der Waals surface area (Å²) in [6.07, 6.45) is 4.33. The maximum absolute atomic E-state index is 13.7. The minimum Gasteiger partial charge on any atom is -0.331 e. The number of hydrogen-bond acceptors (Lipinski definition) is 4. The van der Waals surface area contributed by atoms with Crippen molar-refractivity contribution in [1.82, 2.24) is 25.0 Å². The lowest BCUT2D eigenvalue weighted by atomic mass is 10.2. The predicted octanol–water partition coefficient (Wildman–Crippen LogP) is 3.31. The summed E-state index contributed by atoms with van der Waals surface area (Å²) in [6.45, 7) is 5.71. The molecule has 1 aliphatic heterocycles. The normalized spacial score (nSPS) is 18.9. The highest BCUT2D eigenvalue weighted by atomic mass is 35.5. The maximum Gasteiger partial charge on any atom is 0.293 e. The molecule has 1 aromatic heterocycles. The second-order valence-electron chi connectivity index (χ2n) is 7.82. The molecule has 1 saturated carbocycles. The van der Waals surface area contributed by atoms with E-state index in [1.54, 1.807) is 16.8 Å². The smallest absolute Gasteiger partial charge is 0.293 e. The molecule has 2 aromatic rings. The molecule has 2 aliphatic rings. The monoisotopic (exact) mass is 407 g/mol. The fraction of sp³-hybridized carbons (Fsp3) is 0.550. The third kappa shape index (κ3) is 4.36. The molecular weight excluding hydrogens is 381 g/mol. The van der Waals surface area contributed by atoms with E-state index in [2.05, 4.69) is 15.4 Å². The van der Waals surface area contributed by atoms with Gasteiger partial charge in [-0.25, -0.2) is 14.1 Å². The molecule has 2 heterocycles. The molecule has 1 saturated heterocycles. The lowest BCUT2D eigenvalue weighted by Crippen LogP contribution is -2.42. The lowest BCUT2D eigenvalue weighted by molar-refractivity contribution is 0.0716. The summed E-state index contributed by atoms with van der Waals surface area (Å²) in [6, 6.07) is 6.87. The van der Waals surface area contributed by atoms with E-state index >= 15 is 0 Å². The zero-order chi connectivity index (χ0) is 19.0. The number of rotatable bonds is 6. The average Bonchev–Trinajstić information content (AvgIpc) is 3.18. The number of amides is 1. The van der Waals surface area contributed by atoms with Crippen molar-refractivity contribution in [3.05, 3.63) is 41.7 Å². The fourth-order valence-corrected chi connectivity index (χ4v) is 3.65. The molecule has 1 atom stereocenters. The molecule has 4 rings (SSSR count). The van der Waals surface area contributed by atoms with Gasteiger partial charge >= 0.3 is 0 Å². The first-order valence-corrected chi connectivity index (χ1v) is 9.80. The van der Waals surface area contributed by atoms with Crippen LogP contribution < -0.4 is 5.32 Å². The zero-order valence-corrected chi connectivity index (χ0v) is 17.1. The van der Waals surface area contributed by atoms with E-state index in [0.717, 1.165) is 32.2 Å². The van der Waals surface area contributed by atoms with Gasteiger partial charge in [-0.1, -0.05) is 19.9 Å². The topological polar surface area (TPSA) is 63.1 Å². The van der Waals surface area contributed by atoms with E-state index in [0.29, 0.717) is 30.1 Å². The molecule has 0 bridgehead atoms. The molecule has 1 amide bonds. The van der Waals surface area contributed by atoms with Crippen LogP contribution in [0.1, 0.15) is 61.9 Å². The Morgan fingerprint density at radius 1 is 1.36 bits per heavy atom. The largest absolute Gasteiger partial charge is 0.331 e. The van der Waals surface area contributed by atoms with Crippen molar-refractivity contribution in [2.24, 2.45) is 0 Å². The molecule has 28 heavy (non-hydrogen) atoms. The van der Waals surface area contributed by atoms with Gasteiger partial charge in [-0.3, -0.25) is 4.79 Å². The van der Waals surface area contributed by atoms with Crippen molar-refractivity contribution in [1.29, 1.82) is 0 Å². The van der Waals surface area contributed by atoms with Crippen LogP contribution in [0.25, 0.3) is 5.69 Å². The van der Waals surface area contributed by atoms with Crippen molar-refractivity contribution in [3.8, 4) is 5.69 Å². The van der Waals surface area contributed by atoms with Crippen molar-refractivity contribution < 1.29 is 9.18 Å². The van der Waals surface area contributed by atoms with Gasteiger partial charge in [-0.2, -0.15) is 0 Å². The summed E-state index contributed by atoms with van der Waals surface area (Å²) in [4.78, 5) is 19.7. The summed E-state index contributed by atoms with van der Waals surface area (Å²) in [5.74, 6) is 0.473. The average molecular weight is 408 g/mol. The molecule has 1 unspecified atom stereocenters. The number of aromatic nitrogens is 3. The number of halogens is 2. The third-order valence-electron chi connectivity index (χ3n) is 5.22. The molecule has 0 radical (unpaired) electrons. The minimum atomic E-state index is -0.336. The predicted molar refractivity (Wildman–Crippen MR) is 108 cm³/mol. The molecular formula is C20H27ClFN5O. The van der Waals surface area contributed by atoms with Gasteiger partial charge in [0.15, 0.2) is 0 Å². The van der Waals surface area contributed by atoms with Gasteiger partial charge in [-0.15, -0.1) is 17.5 Å². The van der Waals surface area contributed by atoms with E-state index in [4.69, 9.17) is 0 Å². The Labute approximate surface area is 170 Å². The van der Waals surface area contributed by atoms with E-state index in [9.17, 15) is 9.18 Å². The van der Waals surface area contributed by atoms with Crippen LogP contribution in [0.5, 0.6) is 0 Å². The van der Waals surface area contributed by atoms with Gasteiger partial charge < -0.3 is 10.2 Å². The fourth-order valence-electron chi connectivity index (χ4n) is 3.65. The van der Waals surface area contributed by atoms with Crippen molar-refractivity contribution in [2.75, 3.05) is 13.1 Å². The Bertz CT molecular complexity index is 830. The number of nitrogens with one attached hydrogen (secondary N) is 1. The summed E-state index contributed by atoms with van der Waals surface area (Å²) >= 11 is 0. The number of carbonyl (C=O) groups is 1. The second kappa shape index (κ2) is 8.57. The number of nitrogens with zero attached hydrogens (tertiary/aromatic N) is 4. The highest BCUT2D eigenvalue weighted by molar-refractivity contribution is 5.91. The van der Waals surface area contributed by atoms with Gasteiger partial charge in [0.1, 0.15) is 11.6 Å². The SMILES string of the molecule is CC(C)c1nc(C(=O)N(CC2CCCN2)C2CC2)nn1-c1cccc(F)c1.Cl. The van der Waals surface area contributed by atoms with Crippen molar-refractivity contribution in [3.63, 3.8) is 0 Å². The Hall–Kier alpha value is -1.99. The van der Waals surface area contributed by atoms with Crippen LogP contribution in [-0.4, -0.2) is 50.7 Å². The Kier molecular flexibility index (Phi) is 6.35. The molecule has 2 fully saturated rings. The van der Waals surface area contributed by atoms with Gasteiger partial charge in [0.25, 0.3) is 5.91 Å². The Morgan fingerprint density at radius 2 is 2.14 bits per heavy atom. The van der Waals surface area contributed by atoms with Crippen LogP contribution in [-0.2, 0) is 0 Å².